The van der Waals surface area contributed by atoms with Crippen LogP contribution in [0.1, 0.15) is 55.1 Å². The van der Waals surface area contributed by atoms with Crippen molar-refractivity contribution in [3.8, 4) is 0 Å². The van der Waals surface area contributed by atoms with Crippen LogP contribution >= 0.6 is 0 Å². The highest BCUT2D eigenvalue weighted by molar-refractivity contribution is 6.00. The number of imidazole rings is 1. The Morgan fingerprint density at radius 3 is 2.70 bits per heavy atom. The second kappa shape index (κ2) is 8.54. The Morgan fingerprint density at radius 1 is 1.09 bits per heavy atom. The van der Waals surface area contributed by atoms with Gasteiger partial charge in [-0.1, -0.05) is 18.2 Å². The van der Waals surface area contributed by atoms with Gasteiger partial charge in [0.25, 0.3) is 0 Å². The molecule has 8 nitrogen and oxygen atoms in total. The predicted molar refractivity (Wildman–Crippen MR) is 130 cm³/mol. The van der Waals surface area contributed by atoms with Gasteiger partial charge in [0.1, 0.15) is 29.1 Å². The first kappa shape index (κ1) is 20.9. The summed E-state index contributed by atoms with van der Waals surface area (Å²) in [6.45, 7) is 6.06. The zero-order valence-electron chi connectivity index (χ0n) is 18.9. The van der Waals surface area contributed by atoms with Crippen LogP contribution in [0.4, 0.5) is 5.82 Å². The number of nitrogens with zero attached hydrogens (tertiary/aromatic N) is 6. The van der Waals surface area contributed by atoms with Gasteiger partial charge >= 0.3 is 0 Å². The van der Waals surface area contributed by atoms with Crippen LogP contribution in [0.15, 0.2) is 59.7 Å². The number of nitrogens with one attached hydrogen (secondary N) is 2. The maximum absolute atomic E-state index is 7.55. The van der Waals surface area contributed by atoms with Crippen molar-refractivity contribution in [3.05, 3.63) is 77.8 Å². The third-order valence-electron chi connectivity index (χ3n) is 5.73. The summed E-state index contributed by atoms with van der Waals surface area (Å²) in [7, 11) is 0. The van der Waals surface area contributed by atoms with E-state index in [1.54, 1.807) is 6.92 Å². The zero-order valence-corrected chi connectivity index (χ0v) is 18.9. The average molecular weight is 439 g/mol. The van der Waals surface area contributed by atoms with E-state index in [-0.39, 0.29) is 11.8 Å². The van der Waals surface area contributed by atoms with Crippen molar-refractivity contribution < 1.29 is 0 Å². The molecule has 1 aromatic carbocycles. The molecule has 1 aliphatic rings. The molecule has 0 radical (unpaired) electrons. The van der Waals surface area contributed by atoms with Gasteiger partial charge < -0.3 is 9.88 Å². The van der Waals surface area contributed by atoms with Gasteiger partial charge in [0.05, 0.1) is 29.0 Å². The summed E-state index contributed by atoms with van der Waals surface area (Å²) in [5, 5.41) is 10.7. The van der Waals surface area contributed by atoms with Gasteiger partial charge in [0.15, 0.2) is 0 Å². The molecule has 0 bridgehead atoms. The lowest BCUT2D eigenvalue weighted by atomic mass is 10.2. The van der Waals surface area contributed by atoms with Crippen molar-refractivity contribution in [3.63, 3.8) is 0 Å². The van der Waals surface area contributed by atoms with Crippen LogP contribution in [-0.4, -0.2) is 36.2 Å². The third kappa shape index (κ3) is 4.50. The fourth-order valence-electron chi connectivity index (χ4n) is 4.31. The summed E-state index contributed by atoms with van der Waals surface area (Å²) in [5.74, 6) is 3.95. The summed E-state index contributed by atoms with van der Waals surface area (Å²) in [4.78, 5) is 22.9. The first-order chi connectivity index (χ1) is 16.0. The molecule has 0 unspecified atom stereocenters. The van der Waals surface area contributed by atoms with Crippen LogP contribution in [0, 0.1) is 12.3 Å². The van der Waals surface area contributed by atoms with Crippen molar-refractivity contribution in [1.29, 1.82) is 5.41 Å². The fraction of sp³-hybridized carbons (Fsp3) is 0.280. The Labute approximate surface area is 192 Å². The van der Waals surface area contributed by atoms with E-state index in [9.17, 15) is 0 Å². The van der Waals surface area contributed by atoms with Gasteiger partial charge in [0.2, 0.25) is 0 Å². The number of para-hydroxylation sites is 2. The molecule has 8 heteroatoms. The molecule has 3 aromatic heterocycles. The highest BCUT2D eigenvalue weighted by Crippen LogP contribution is 2.54. The lowest BCUT2D eigenvalue weighted by Crippen LogP contribution is -2.12. The van der Waals surface area contributed by atoms with Gasteiger partial charge in [-0.15, -0.1) is 0 Å². The van der Waals surface area contributed by atoms with Crippen molar-refractivity contribution in [2.75, 3.05) is 5.32 Å². The molecule has 166 valence electrons. The molecule has 0 aliphatic heterocycles. The van der Waals surface area contributed by atoms with Gasteiger partial charge in [0, 0.05) is 24.1 Å². The lowest BCUT2D eigenvalue weighted by Gasteiger charge is -2.10. The van der Waals surface area contributed by atoms with E-state index in [1.165, 1.54) is 0 Å². The van der Waals surface area contributed by atoms with Crippen molar-refractivity contribution in [2.24, 2.45) is 4.99 Å². The second-order valence-corrected chi connectivity index (χ2v) is 8.45. The first-order valence-electron chi connectivity index (χ1n) is 11.1. The van der Waals surface area contributed by atoms with Crippen LogP contribution in [0.2, 0.25) is 0 Å². The van der Waals surface area contributed by atoms with E-state index in [0.717, 1.165) is 34.7 Å². The van der Waals surface area contributed by atoms with Crippen LogP contribution in [0.5, 0.6) is 0 Å². The van der Waals surface area contributed by atoms with E-state index in [1.807, 2.05) is 44.3 Å². The largest absolute Gasteiger partial charge is 0.329 e. The molecule has 2 N–H and O–H groups in total. The van der Waals surface area contributed by atoms with Crippen LogP contribution < -0.4 is 5.32 Å². The minimum atomic E-state index is 0.250. The predicted octanol–water partition coefficient (Wildman–Crippen LogP) is 4.68. The number of anilines is 1. The Hall–Kier alpha value is -3.94. The van der Waals surface area contributed by atoms with Gasteiger partial charge in [-0.2, -0.15) is 0 Å². The number of aromatic nitrogens is 5. The summed E-state index contributed by atoms with van der Waals surface area (Å²) in [6.07, 6.45) is 2.83. The molecule has 0 saturated heterocycles. The fourth-order valence-corrected chi connectivity index (χ4v) is 4.31. The van der Waals surface area contributed by atoms with E-state index in [2.05, 4.69) is 49.1 Å². The SMILES string of the molecule is CC(=N)/N=C(/C)Nc1cc([C@@H]2C[C@H]2c2nc3ccccc3n2Cc2ccccn2)nc(C)n1. The van der Waals surface area contributed by atoms with Gasteiger partial charge in [-0.3, -0.25) is 10.4 Å². The lowest BCUT2D eigenvalue weighted by molar-refractivity contribution is 0.721. The van der Waals surface area contributed by atoms with Gasteiger partial charge in [-0.25, -0.2) is 19.9 Å². The molecular formula is C25H26N8. The zero-order chi connectivity index (χ0) is 22.9. The van der Waals surface area contributed by atoms with Crippen molar-refractivity contribution in [2.45, 2.75) is 45.6 Å². The molecular weight excluding hydrogens is 412 g/mol. The van der Waals surface area contributed by atoms with Crippen molar-refractivity contribution in [1.82, 2.24) is 24.5 Å². The normalized spacial score (nSPS) is 17.8. The molecule has 1 fully saturated rings. The number of hydrogen-bond acceptors (Lipinski definition) is 5. The highest BCUT2D eigenvalue weighted by atomic mass is 15.1. The highest BCUT2D eigenvalue weighted by Gasteiger charge is 2.44. The molecule has 5 rings (SSSR count). The summed E-state index contributed by atoms with van der Waals surface area (Å²) >= 11 is 0. The molecule has 2 atom stereocenters. The summed E-state index contributed by atoms with van der Waals surface area (Å²) in [5.41, 5.74) is 4.15. The van der Waals surface area contributed by atoms with E-state index in [0.29, 0.717) is 29.9 Å². The molecule has 33 heavy (non-hydrogen) atoms. The van der Waals surface area contributed by atoms with E-state index >= 15 is 0 Å². The number of benzene rings is 1. The number of hydrogen-bond donors (Lipinski definition) is 2. The molecule has 1 aliphatic carbocycles. The molecule has 1 saturated carbocycles. The minimum Gasteiger partial charge on any atom is -0.329 e. The Bertz CT molecular complexity index is 1360. The summed E-state index contributed by atoms with van der Waals surface area (Å²) < 4.78 is 2.29. The number of rotatable bonds is 5. The standard InChI is InChI=1S/C25H26N8/c1-15(26)28-16(2)30-24-13-22(29-17(3)31-24)19-12-20(19)25-32-21-9-4-5-10-23(21)33(25)14-18-8-6-7-11-27-18/h4-11,13,19-20H,12,14H2,1-3H3,(H2,26,28,29,30,31)/t19-,20-/m1/s1. The Kier molecular flexibility index (Phi) is 5.42. The van der Waals surface area contributed by atoms with E-state index < -0.39 is 0 Å². The average Bonchev–Trinajstić information content (AvgIpc) is 3.49. The number of pyridine rings is 1. The van der Waals surface area contributed by atoms with Crippen LogP contribution in [0.3, 0.4) is 0 Å². The smallest absolute Gasteiger partial charge is 0.135 e. The topological polar surface area (TPSA) is 105 Å². The number of aliphatic imine (C=N–C) groups is 1. The third-order valence-corrected chi connectivity index (χ3v) is 5.73. The van der Waals surface area contributed by atoms with Crippen molar-refractivity contribution >= 4 is 28.5 Å². The Balaban J connectivity index is 1.45. The summed E-state index contributed by atoms with van der Waals surface area (Å²) in [6, 6.07) is 16.3. The molecule has 4 aromatic rings. The molecule has 0 spiro atoms. The number of aryl methyl sites for hydroxylation is 1. The van der Waals surface area contributed by atoms with Crippen LogP contribution in [0.25, 0.3) is 11.0 Å². The monoisotopic (exact) mass is 438 g/mol. The number of fused-ring (bicyclic) bond motifs is 1. The maximum Gasteiger partial charge on any atom is 0.135 e. The Morgan fingerprint density at radius 2 is 1.91 bits per heavy atom. The first-order valence-corrected chi connectivity index (χ1v) is 11.1. The van der Waals surface area contributed by atoms with Crippen LogP contribution in [-0.2, 0) is 6.54 Å². The minimum absolute atomic E-state index is 0.250. The number of amidine groups is 2. The second-order valence-electron chi connectivity index (χ2n) is 8.45. The van der Waals surface area contributed by atoms with Gasteiger partial charge in [-0.05, 0) is 51.5 Å². The van der Waals surface area contributed by atoms with E-state index in [4.69, 9.17) is 15.4 Å². The molecule has 0 amide bonds. The maximum atomic E-state index is 7.55. The quantitative estimate of drug-likeness (QED) is 0.348. The molecule has 3 heterocycles.